The normalized spacial score (nSPS) is 12.2. The van der Waals surface area contributed by atoms with Gasteiger partial charge in [-0.25, -0.2) is 0 Å². The molecule has 0 heterocycles. The zero-order valence-corrected chi connectivity index (χ0v) is 14.4. The summed E-state index contributed by atoms with van der Waals surface area (Å²) in [6.07, 6.45) is 25.5. The van der Waals surface area contributed by atoms with Crippen molar-refractivity contribution < 1.29 is 0 Å². The average Bonchev–Trinajstić information content (AvgIpc) is 2.43. The van der Waals surface area contributed by atoms with Crippen LogP contribution >= 0.6 is 0 Å². The van der Waals surface area contributed by atoms with E-state index in [1.807, 2.05) is 0 Å². The van der Waals surface area contributed by atoms with E-state index in [2.05, 4.69) is 45.1 Å². The van der Waals surface area contributed by atoms with Gasteiger partial charge >= 0.3 is 0 Å². The minimum Gasteiger partial charge on any atom is -0.0882 e. The van der Waals surface area contributed by atoms with Gasteiger partial charge in [0.15, 0.2) is 0 Å². The Morgan fingerprint density at radius 2 is 1.20 bits per heavy atom. The second-order valence-electron chi connectivity index (χ2n) is 6.41. The second kappa shape index (κ2) is 16.5. The van der Waals surface area contributed by atoms with Crippen molar-refractivity contribution in [2.75, 3.05) is 0 Å². The molecule has 0 fully saturated rings. The summed E-state index contributed by atoms with van der Waals surface area (Å²) in [5, 5.41) is 0. The first kappa shape index (κ1) is 19.5. The third kappa shape index (κ3) is 17.5. The van der Waals surface area contributed by atoms with E-state index in [1.54, 1.807) is 0 Å². The molecule has 0 nitrogen and oxygen atoms in total. The highest BCUT2D eigenvalue weighted by Crippen LogP contribution is 2.11. The Bertz CT molecular complexity index is 222. The van der Waals surface area contributed by atoms with Crippen molar-refractivity contribution in [1.29, 1.82) is 0 Å². The minimum absolute atomic E-state index is 0.882. The Morgan fingerprint density at radius 3 is 1.80 bits per heavy atom. The zero-order valence-electron chi connectivity index (χ0n) is 14.4. The van der Waals surface area contributed by atoms with Crippen LogP contribution in [0.3, 0.4) is 0 Å². The molecular weight excluding hydrogens is 240 g/mol. The first-order valence-corrected chi connectivity index (χ1v) is 9.07. The van der Waals surface area contributed by atoms with E-state index in [9.17, 15) is 0 Å². The van der Waals surface area contributed by atoms with Crippen molar-refractivity contribution in [3.63, 3.8) is 0 Å². The van der Waals surface area contributed by atoms with Crippen LogP contribution in [0.25, 0.3) is 0 Å². The number of hydrogen-bond donors (Lipinski definition) is 0. The Morgan fingerprint density at radius 1 is 0.650 bits per heavy atom. The number of hydrogen-bond acceptors (Lipinski definition) is 0. The van der Waals surface area contributed by atoms with Gasteiger partial charge in [0.05, 0.1) is 0 Å². The fraction of sp³-hybridized carbons (Fsp3) is 0.800. The molecule has 0 aliphatic heterocycles. The van der Waals surface area contributed by atoms with Gasteiger partial charge < -0.3 is 0 Å². The van der Waals surface area contributed by atoms with Crippen molar-refractivity contribution >= 4 is 0 Å². The maximum atomic E-state index is 2.37. The lowest BCUT2D eigenvalue weighted by molar-refractivity contribution is 0.516. The Labute approximate surface area is 128 Å². The molecule has 0 heteroatoms. The van der Waals surface area contributed by atoms with Gasteiger partial charge in [-0.1, -0.05) is 90.0 Å². The fourth-order valence-electron chi connectivity index (χ4n) is 2.36. The first-order valence-electron chi connectivity index (χ1n) is 9.07. The minimum atomic E-state index is 0.882. The van der Waals surface area contributed by atoms with E-state index in [1.165, 1.54) is 70.6 Å². The zero-order chi connectivity index (χ0) is 14.9. The first-order chi connectivity index (χ1) is 9.77. The molecule has 0 radical (unpaired) electrons. The third-order valence-electron chi connectivity index (χ3n) is 3.73. The van der Waals surface area contributed by atoms with Gasteiger partial charge in [-0.05, 0) is 38.0 Å². The lowest BCUT2D eigenvalue weighted by atomic mass is 10.0. The van der Waals surface area contributed by atoms with E-state index >= 15 is 0 Å². The summed E-state index contributed by atoms with van der Waals surface area (Å²) in [5.41, 5.74) is 0. The Hall–Kier alpha value is -0.520. The Balaban J connectivity index is 3.16. The van der Waals surface area contributed by atoms with Crippen LogP contribution in [-0.2, 0) is 0 Å². The van der Waals surface area contributed by atoms with E-state index < -0.39 is 0 Å². The highest BCUT2D eigenvalue weighted by molar-refractivity contribution is 4.92. The molecule has 118 valence electrons. The molecule has 0 amide bonds. The molecule has 0 aliphatic carbocycles. The molecule has 0 saturated heterocycles. The highest BCUT2D eigenvalue weighted by Gasteiger charge is 1.93. The number of unbranched alkanes of at least 4 members (excludes halogenated alkanes) is 8. The van der Waals surface area contributed by atoms with Gasteiger partial charge in [0.1, 0.15) is 0 Å². The van der Waals surface area contributed by atoms with Crippen LogP contribution in [-0.4, -0.2) is 0 Å². The van der Waals surface area contributed by atoms with Crippen LogP contribution in [0.4, 0.5) is 0 Å². The van der Waals surface area contributed by atoms with E-state index in [0.29, 0.717) is 0 Å². The molecule has 20 heavy (non-hydrogen) atoms. The predicted molar refractivity (Wildman–Crippen MR) is 94.2 cm³/mol. The van der Waals surface area contributed by atoms with E-state index in [0.717, 1.165) is 12.3 Å². The summed E-state index contributed by atoms with van der Waals surface area (Å²) >= 11 is 0. The molecule has 0 N–H and O–H groups in total. The summed E-state index contributed by atoms with van der Waals surface area (Å²) in [7, 11) is 0. The maximum absolute atomic E-state index is 2.37. The lowest BCUT2D eigenvalue weighted by Crippen LogP contribution is -1.86. The molecule has 0 aromatic heterocycles. The molecule has 0 unspecified atom stereocenters. The molecule has 0 bridgehead atoms. The van der Waals surface area contributed by atoms with Crippen molar-refractivity contribution in [2.24, 2.45) is 5.92 Å². The van der Waals surface area contributed by atoms with Gasteiger partial charge in [-0.2, -0.15) is 0 Å². The van der Waals surface area contributed by atoms with Gasteiger partial charge in [0.2, 0.25) is 0 Å². The van der Waals surface area contributed by atoms with Gasteiger partial charge in [-0.15, -0.1) is 0 Å². The SMILES string of the molecule is CCCCC/C=C\C/C=C\CCCCCCCC(C)C. The predicted octanol–water partition coefficient (Wildman–Crippen LogP) is 7.46. The van der Waals surface area contributed by atoms with Crippen molar-refractivity contribution in [1.82, 2.24) is 0 Å². The van der Waals surface area contributed by atoms with Crippen LogP contribution in [0.5, 0.6) is 0 Å². The second-order valence-corrected chi connectivity index (χ2v) is 6.41. The number of allylic oxidation sites excluding steroid dienone is 4. The van der Waals surface area contributed by atoms with Crippen LogP contribution in [0.1, 0.15) is 97.8 Å². The molecule has 0 aliphatic rings. The topological polar surface area (TPSA) is 0 Å². The quantitative estimate of drug-likeness (QED) is 0.228. The summed E-state index contributed by atoms with van der Waals surface area (Å²) < 4.78 is 0. The molecule has 0 rings (SSSR count). The molecule has 0 atom stereocenters. The average molecular weight is 279 g/mol. The Kier molecular flexibility index (Phi) is 16.1. The monoisotopic (exact) mass is 278 g/mol. The number of rotatable bonds is 14. The summed E-state index contributed by atoms with van der Waals surface area (Å²) in [5.74, 6) is 0.882. The molecule has 0 aromatic rings. The van der Waals surface area contributed by atoms with Crippen molar-refractivity contribution in [2.45, 2.75) is 97.8 Å². The maximum Gasteiger partial charge on any atom is -0.0169 e. The summed E-state index contributed by atoms with van der Waals surface area (Å²) in [6, 6.07) is 0. The van der Waals surface area contributed by atoms with Crippen molar-refractivity contribution in [3.8, 4) is 0 Å². The largest absolute Gasteiger partial charge is 0.0882 e. The van der Waals surface area contributed by atoms with Crippen molar-refractivity contribution in [3.05, 3.63) is 24.3 Å². The molecule has 0 aromatic carbocycles. The van der Waals surface area contributed by atoms with Crippen LogP contribution in [0, 0.1) is 5.92 Å². The van der Waals surface area contributed by atoms with Crippen LogP contribution in [0.2, 0.25) is 0 Å². The van der Waals surface area contributed by atoms with Crippen LogP contribution in [0.15, 0.2) is 24.3 Å². The molecular formula is C20H38. The molecule has 0 spiro atoms. The molecule has 0 saturated carbocycles. The summed E-state index contributed by atoms with van der Waals surface area (Å²) in [4.78, 5) is 0. The van der Waals surface area contributed by atoms with E-state index in [4.69, 9.17) is 0 Å². The van der Waals surface area contributed by atoms with Gasteiger partial charge in [0, 0.05) is 0 Å². The summed E-state index contributed by atoms with van der Waals surface area (Å²) in [6.45, 7) is 6.91. The highest BCUT2D eigenvalue weighted by atomic mass is 14.0. The van der Waals surface area contributed by atoms with Gasteiger partial charge in [-0.3, -0.25) is 0 Å². The van der Waals surface area contributed by atoms with Crippen LogP contribution < -0.4 is 0 Å². The standard InChI is InChI=1S/C20H38/c1-4-5-6-7-8-9-10-11-12-13-14-15-16-17-18-19-20(2)3/h8-9,11-12,20H,4-7,10,13-19H2,1-3H3/b9-8-,12-11-. The van der Waals surface area contributed by atoms with E-state index in [-0.39, 0.29) is 0 Å². The van der Waals surface area contributed by atoms with Gasteiger partial charge in [0.25, 0.3) is 0 Å². The smallest absolute Gasteiger partial charge is 0.0169 e. The lowest BCUT2D eigenvalue weighted by Gasteiger charge is -2.03. The fourth-order valence-corrected chi connectivity index (χ4v) is 2.36. The third-order valence-corrected chi connectivity index (χ3v) is 3.73.